The largest absolute Gasteiger partial charge is 0.493 e. The minimum atomic E-state index is -0.423. The van der Waals surface area contributed by atoms with E-state index in [9.17, 15) is 9.18 Å². The number of rotatable bonds is 10. The lowest BCUT2D eigenvalue weighted by atomic mass is 10.2. The first-order chi connectivity index (χ1) is 16.4. The third kappa shape index (κ3) is 6.39. The summed E-state index contributed by atoms with van der Waals surface area (Å²) in [5, 5.41) is 4.27. The van der Waals surface area contributed by atoms with Crippen LogP contribution in [0.25, 0.3) is 0 Å². The van der Waals surface area contributed by atoms with Gasteiger partial charge in [0.15, 0.2) is 23.0 Å². The quantitative estimate of drug-likeness (QED) is 0.313. The molecule has 0 heterocycles. The molecule has 0 aliphatic carbocycles. The van der Waals surface area contributed by atoms with Gasteiger partial charge in [0.25, 0.3) is 5.91 Å². The number of ether oxygens (including phenoxy) is 4. The molecule has 0 spiro atoms. The molecular formula is C25H24ClFN2O5. The van der Waals surface area contributed by atoms with Gasteiger partial charge in [-0.05, 0) is 60.5 Å². The molecule has 3 rings (SSSR count). The highest BCUT2D eigenvalue weighted by atomic mass is 35.5. The van der Waals surface area contributed by atoms with Crippen LogP contribution in [0.15, 0.2) is 59.7 Å². The summed E-state index contributed by atoms with van der Waals surface area (Å²) in [5.41, 5.74) is 4.05. The van der Waals surface area contributed by atoms with Gasteiger partial charge in [0.2, 0.25) is 0 Å². The molecule has 34 heavy (non-hydrogen) atoms. The summed E-state index contributed by atoms with van der Waals surface area (Å²) >= 11 is 6.37. The van der Waals surface area contributed by atoms with E-state index in [1.165, 1.54) is 32.6 Å². The van der Waals surface area contributed by atoms with Crippen molar-refractivity contribution in [2.24, 2.45) is 5.10 Å². The van der Waals surface area contributed by atoms with Gasteiger partial charge < -0.3 is 18.9 Å². The van der Waals surface area contributed by atoms with E-state index < -0.39 is 5.91 Å². The molecular weight excluding hydrogens is 463 g/mol. The van der Waals surface area contributed by atoms with Crippen molar-refractivity contribution in [1.29, 1.82) is 0 Å². The number of amides is 1. The molecule has 9 heteroatoms. The van der Waals surface area contributed by atoms with Crippen molar-refractivity contribution < 1.29 is 28.1 Å². The topological polar surface area (TPSA) is 78.4 Å². The van der Waals surface area contributed by atoms with Gasteiger partial charge in [0, 0.05) is 5.56 Å². The number of nitrogens with zero attached hydrogens (tertiary/aromatic N) is 1. The molecule has 0 aromatic heterocycles. The van der Waals surface area contributed by atoms with Crippen LogP contribution in [-0.4, -0.2) is 32.9 Å². The molecule has 178 valence electrons. The summed E-state index contributed by atoms with van der Waals surface area (Å²) < 4.78 is 35.2. The van der Waals surface area contributed by atoms with E-state index in [1.54, 1.807) is 42.5 Å². The van der Waals surface area contributed by atoms with Gasteiger partial charge in [-0.2, -0.15) is 5.10 Å². The van der Waals surface area contributed by atoms with Crippen LogP contribution in [-0.2, 0) is 6.61 Å². The Kier molecular flexibility index (Phi) is 8.70. The summed E-state index contributed by atoms with van der Waals surface area (Å²) in [7, 11) is 3.00. The molecule has 3 aromatic rings. The minimum absolute atomic E-state index is 0.114. The van der Waals surface area contributed by atoms with Gasteiger partial charge in [0.05, 0.1) is 32.1 Å². The third-order valence-corrected chi connectivity index (χ3v) is 4.91. The standard InChI is InChI=1S/C25H24ClFN2O5/c1-4-33-22-13-18(8-9-21(22)31-2)25(30)29-28-14-17-11-20(26)24(23(12-17)32-3)34-15-16-6-5-7-19(27)10-16/h5-14H,4,15H2,1-3H3,(H,29,30)/b28-14+. The molecule has 0 aliphatic heterocycles. The van der Waals surface area contributed by atoms with Crippen molar-refractivity contribution >= 4 is 23.7 Å². The van der Waals surface area contributed by atoms with Gasteiger partial charge >= 0.3 is 0 Å². The fraction of sp³-hybridized carbons (Fsp3) is 0.200. The highest BCUT2D eigenvalue weighted by molar-refractivity contribution is 6.32. The molecule has 0 fully saturated rings. The van der Waals surface area contributed by atoms with Crippen LogP contribution >= 0.6 is 11.6 Å². The first-order valence-corrected chi connectivity index (χ1v) is 10.7. The Morgan fingerprint density at radius 1 is 1.03 bits per heavy atom. The highest BCUT2D eigenvalue weighted by Crippen LogP contribution is 2.36. The van der Waals surface area contributed by atoms with Crippen LogP contribution in [0.3, 0.4) is 0 Å². The zero-order valence-corrected chi connectivity index (χ0v) is 19.7. The molecule has 7 nitrogen and oxygen atoms in total. The minimum Gasteiger partial charge on any atom is -0.493 e. The van der Waals surface area contributed by atoms with E-state index in [1.807, 2.05) is 6.92 Å². The van der Waals surface area contributed by atoms with Gasteiger partial charge in [0.1, 0.15) is 12.4 Å². The van der Waals surface area contributed by atoms with Crippen molar-refractivity contribution in [3.05, 3.63) is 82.1 Å². The van der Waals surface area contributed by atoms with Crippen LogP contribution in [0.1, 0.15) is 28.4 Å². The monoisotopic (exact) mass is 486 g/mol. The zero-order valence-electron chi connectivity index (χ0n) is 18.9. The van der Waals surface area contributed by atoms with Crippen molar-refractivity contribution in [3.8, 4) is 23.0 Å². The Morgan fingerprint density at radius 3 is 2.53 bits per heavy atom. The first kappa shape index (κ1) is 24.9. The third-order valence-electron chi connectivity index (χ3n) is 4.63. The molecule has 0 atom stereocenters. The number of nitrogens with one attached hydrogen (secondary N) is 1. The number of halogens is 2. The second-order valence-electron chi connectivity index (χ2n) is 6.95. The van der Waals surface area contributed by atoms with E-state index in [2.05, 4.69) is 10.5 Å². The lowest BCUT2D eigenvalue weighted by Gasteiger charge is -2.13. The molecule has 0 aliphatic rings. The zero-order chi connectivity index (χ0) is 24.5. The summed E-state index contributed by atoms with van der Waals surface area (Å²) in [6.07, 6.45) is 1.43. The molecule has 1 amide bonds. The molecule has 3 aromatic carbocycles. The number of carbonyl (C=O) groups excluding carboxylic acids is 1. The van der Waals surface area contributed by atoms with Crippen LogP contribution in [0.4, 0.5) is 4.39 Å². The van der Waals surface area contributed by atoms with Crippen molar-refractivity contribution in [2.45, 2.75) is 13.5 Å². The Hall–Kier alpha value is -3.78. The Bertz CT molecular complexity index is 1190. The number of benzene rings is 3. The summed E-state index contributed by atoms with van der Waals surface area (Å²) in [6.45, 7) is 2.39. The highest BCUT2D eigenvalue weighted by Gasteiger charge is 2.13. The Labute approximate surface area is 202 Å². The van der Waals surface area contributed by atoms with E-state index >= 15 is 0 Å². The van der Waals surface area contributed by atoms with E-state index in [4.69, 9.17) is 30.5 Å². The van der Waals surface area contributed by atoms with Crippen LogP contribution in [0.5, 0.6) is 23.0 Å². The number of hydrazone groups is 1. The molecule has 1 N–H and O–H groups in total. The summed E-state index contributed by atoms with van der Waals surface area (Å²) in [5.74, 6) is 0.907. The first-order valence-electron chi connectivity index (χ1n) is 10.3. The number of hydrogen-bond acceptors (Lipinski definition) is 6. The maximum Gasteiger partial charge on any atom is 0.271 e. The molecule has 0 unspecified atom stereocenters. The lowest BCUT2D eigenvalue weighted by molar-refractivity contribution is 0.0954. The van der Waals surface area contributed by atoms with Gasteiger partial charge in [-0.3, -0.25) is 4.79 Å². The molecule has 0 radical (unpaired) electrons. The maximum atomic E-state index is 13.4. The SMILES string of the molecule is CCOc1cc(C(=O)N/N=C/c2cc(Cl)c(OCc3cccc(F)c3)c(OC)c2)ccc1OC. The lowest BCUT2D eigenvalue weighted by Crippen LogP contribution is -2.17. The molecule has 0 saturated carbocycles. The summed E-state index contributed by atoms with van der Waals surface area (Å²) in [4.78, 5) is 12.5. The van der Waals surface area contributed by atoms with Crippen LogP contribution < -0.4 is 24.4 Å². The number of hydrogen-bond donors (Lipinski definition) is 1. The average Bonchev–Trinajstić information content (AvgIpc) is 2.83. The van der Waals surface area contributed by atoms with Crippen molar-refractivity contribution in [1.82, 2.24) is 5.43 Å². The van der Waals surface area contributed by atoms with Crippen molar-refractivity contribution in [2.75, 3.05) is 20.8 Å². The summed E-state index contributed by atoms with van der Waals surface area (Å²) in [6, 6.07) is 14.2. The van der Waals surface area contributed by atoms with Gasteiger partial charge in [-0.1, -0.05) is 23.7 Å². The normalized spacial score (nSPS) is 10.7. The van der Waals surface area contributed by atoms with Gasteiger partial charge in [-0.15, -0.1) is 0 Å². The van der Waals surface area contributed by atoms with Crippen LogP contribution in [0, 0.1) is 5.82 Å². The average molecular weight is 487 g/mol. The second kappa shape index (κ2) is 11.9. The number of carbonyl (C=O) groups is 1. The second-order valence-corrected chi connectivity index (χ2v) is 7.36. The molecule has 0 bridgehead atoms. The van der Waals surface area contributed by atoms with Crippen LogP contribution in [0.2, 0.25) is 5.02 Å². The van der Waals surface area contributed by atoms with E-state index in [-0.39, 0.29) is 17.4 Å². The van der Waals surface area contributed by atoms with E-state index in [0.717, 1.165) is 0 Å². The number of methoxy groups -OCH3 is 2. The van der Waals surface area contributed by atoms with Gasteiger partial charge in [-0.25, -0.2) is 9.82 Å². The Morgan fingerprint density at radius 2 is 1.82 bits per heavy atom. The fourth-order valence-corrected chi connectivity index (χ4v) is 3.33. The van der Waals surface area contributed by atoms with E-state index in [0.29, 0.717) is 46.3 Å². The molecule has 0 saturated heterocycles. The van der Waals surface area contributed by atoms with Crippen molar-refractivity contribution in [3.63, 3.8) is 0 Å². The predicted molar refractivity (Wildman–Crippen MR) is 128 cm³/mol. The predicted octanol–water partition coefficient (Wildman–Crippen LogP) is 5.24. The Balaban J connectivity index is 1.69. The maximum absolute atomic E-state index is 13.4. The smallest absolute Gasteiger partial charge is 0.271 e. The fourth-order valence-electron chi connectivity index (χ4n) is 3.05.